The van der Waals surface area contributed by atoms with Crippen LogP contribution >= 0.6 is 46.4 Å². The molecule has 0 saturated heterocycles. The molecule has 0 fully saturated rings. The first-order chi connectivity index (χ1) is 10.7. The molecule has 0 radical (unpaired) electrons. The maximum absolute atomic E-state index is 12.1. The summed E-state index contributed by atoms with van der Waals surface area (Å²) < 4.78 is 5.05. The number of phenolic OH excluding ortho intramolecular Hbond substituents is 1. The molecule has 2 N–H and O–H groups in total. The number of carbonyl (C=O) groups is 2. The zero-order valence-corrected chi connectivity index (χ0v) is 14.0. The fourth-order valence-electron chi connectivity index (χ4n) is 1.62. The number of carboxylic acid groups (broad SMARTS) is 1. The molecule has 2 aromatic rings. The molecule has 0 unspecified atom stereocenters. The van der Waals surface area contributed by atoms with Crippen LogP contribution in [0.1, 0.15) is 20.7 Å². The first-order valence-corrected chi connectivity index (χ1v) is 7.34. The zero-order chi connectivity index (χ0) is 17.3. The van der Waals surface area contributed by atoms with Crippen molar-refractivity contribution >= 4 is 58.3 Å². The summed E-state index contributed by atoms with van der Waals surface area (Å²) in [5.74, 6) is -2.69. The van der Waals surface area contributed by atoms with Gasteiger partial charge in [0.15, 0.2) is 11.5 Å². The van der Waals surface area contributed by atoms with E-state index in [0.717, 1.165) is 24.3 Å². The van der Waals surface area contributed by atoms with E-state index in [4.69, 9.17) is 56.2 Å². The van der Waals surface area contributed by atoms with Gasteiger partial charge in [0.05, 0.1) is 31.2 Å². The predicted molar refractivity (Wildman–Crippen MR) is 86.5 cm³/mol. The van der Waals surface area contributed by atoms with E-state index in [1.54, 1.807) is 0 Å². The van der Waals surface area contributed by atoms with Gasteiger partial charge in [-0.25, -0.2) is 9.59 Å². The summed E-state index contributed by atoms with van der Waals surface area (Å²) in [5, 5.41) is 17.8. The number of hydrogen-bond acceptors (Lipinski definition) is 4. The summed E-state index contributed by atoms with van der Waals surface area (Å²) in [7, 11) is 0. The molecule has 0 amide bonds. The van der Waals surface area contributed by atoms with E-state index in [1.165, 1.54) is 0 Å². The number of benzene rings is 2. The van der Waals surface area contributed by atoms with Crippen LogP contribution in [0.4, 0.5) is 0 Å². The van der Waals surface area contributed by atoms with E-state index in [1.807, 2.05) is 0 Å². The maximum atomic E-state index is 12.1. The van der Waals surface area contributed by atoms with E-state index < -0.39 is 11.9 Å². The fourth-order valence-corrected chi connectivity index (χ4v) is 2.67. The Morgan fingerprint density at radius 2 is 1.26 bits per heavy atom. The lowest BCUT2D eigenvalue weighted by atomic mass is 10.2. The lowest BCUT2D eigenvalue weighted by Crippen LogP contribution is -2.10. The van der Waals surface area contributed by atoms with E-state index in [-0.39, 0.29) is 42.7 Å². The van der Waals surface area contributed by atoms with E-state index in [9.17, 15) is 14.7 Å². The van der Waals surface area contributed by atoms with Crippen molar-refractivity contribution in [2.45, 2.75) is 0 Å². The summed E-state index contributed by atoms with van der Waals surface area (Å²) in [6.45, 7) is 0. The molecule has 120 valence electrons. The molecule has 0 aliphatic carbocycles. The Morgan fingerprint density at radius 1 is 0.826 bits per heavy atom. The minimum absolute atomic E-state index is 0.0488. The Balaban J connectivity index is 2.36. The SMILES string of the molecule is O=C(O)c1cc(Cl)c(OC(=O)c2cc(Cl)c(O)c(Cl)c2)c(Cl)c1. The Kier molecular flexibility index (Phi) is 5.26. The molecule has 9 heteroatoms. The van der Waals surface area contributed by atoms with Gasteiger partial charge in [0, 0.05) is 0 Å². The molecule has 0 aromatic heterocycles. The number of ether oxygens (including phenoxy) is 1. The molecule has 0 atom stereocenters. The van der Waals surface area contributed by atoms with Gasteiger partial charge in [0.2, 0.25) is 0 Å². The van der Waals surface area contributed by atoms with Crippen LogP contribution in [0, 0.1) is 0 Å². The molecule has 0 spiro atoms. The highest BCUT2D eigenvalue weighted by Crippen LogP contribution is 2.36. The number of hydrogen-bond donors (Lipinski definition) is 2. The minimum atomic E-state index is -1.23. The van der Waals surface area contributed by atoms with Crippen LogP contribution in [0.5, 0.6) is 11.5 Å². The predicted octanol–water partition coefficient (Wildman–Crippen LogP) is 4.92. The van der Waals surface area contributed by atoms with Crippen LogP contribution in [0.2, 0.25) is 20.1 Å². The summed E-state index contributed by atoms with van der Waals surface area (Å²) in [5.41, 5.74) is -0.206. The Hall–Kier alpha value is -1.66. The maximum Gasteiger partial charge on any atom is 0.343 e. The highest BCUT2D eigenvalue weighted by Gasteiger charge is 2.19. The third kappa shape index (κ3) is 3.82. The molecular weight excluding hydrogens is 390 g/mol. The second-order valence-electron chi connectivity index (χ2n) is 4.25. The molecule has 0 saturated carbocycles. The van der Waals surface area contributed by atoms with Crippen LogP contribution in [0.25, 0.3) is 0 Å². The van der Waals surface area contributed by atoms with E-state index in [2.05, 4.69) is 0 Å². The molecule has 0 heterocycles. The third-order valence-corrected chi connectivity index (χ3v) is 3.83. The quantitative estimate of drug-likeness (QED) is 0.568. The smallest absolute Gasteiger partial charge is 0.343 e. The molecule has 0 bridgehead atoms. The largest absolute Gasteiger partial charge is 0.505 e. The average molecular weight is 396 g/mol. The molecule has 0 aliphatic rings. The minimum Gasteiger partial charge on any atom is -0.505 e. The molecule has 2 rings (SSSR count). The topological polar surface area (TPSA) is 83.8 Å². The molecule has 23 heavy (non-hydrogen) atoms. The van der Waals surface area contributed by atoms with Crippen LogP contribution in [-0.4, -0.2) is 22.2 Å². The van der Waals surface area contributed by atoms with Gasteiger partial charge in [0.1, 0.15) is 0 Å². The monoisotopic (exact) mass is 394 g/mol. The van der Waals surface area contributed by atoms with Crippen LogP contribution in [0.15, 0.2) is 24.3 Å². The average Bonchev–Trinajstić information content (AvgIpc) is 2.47. The van der Waals surface area contributed by atoms with Gasteiger partial charge >= 0.3 is 11.9 Å². The normalized spacial score (nSPS) is 10.4. The summed E-state index contributed by atoms with van der Waals surface area (Å²) >= 11 is 23.2. The summed E-state index contributed by atoms with van der Waals surface area (Å²) in [4.78, 5) is 23.0. The third-order valence-electron chi connectivity index (χ3n) is 2.69. The Labute approximate surface area is 149 Å². The van der Waals surface area contributed by atoms with Crippen molar-refractivity contribution in [1.82, 2.24) is 0 Å². The van der Waals surface area contributed by atoms with Crippen molar-refractivity contribution in [3.05, 3.63) is 55.5 Å². The summed E-state index contributed by atoms with van der Waals surface area (Å²) in [6.07, 6.45) is 0. The van der Waals surface area contributed by atoms with E-state index >= 15 is 0 Å². The number of aromatic carboxylic acids is 1. The highest BCUT2D eigenvalue weighted by molar-refractivity contribution is 6.38. The second kappa shape index (κ2) is 6.84. The van der Waals surface area contributed by atoms with Gasteiger partial charge in [-0.2, -0.15) is 0 Å². The molecule has 5 nitrogen and oxygen atoms in total. The lowest BCUT2D eigenvalue weighted by molar-refractivity contribution is 0.0696. The van der Waals surface area contributed by atoms with Crippen molar-refractivity contribution in [3.8, 4) is 11.5 Å². The van der Waals surface area contributed by atoms with Gasteiger partial charge in [-0.15, -0.1) is 0 Å². The number of esters is 1. The number of carbonyl (C=O) groups excluding carboxylic acids is 1. The Bertz CT molecular complexity index is 773. The van der Waals surface area contributed by atoms with Crippen LogP contribution in [-0.2, 0) is 0 Å². The van der Waals surface area contributed by atoms with Gasteiger partial charge in [-0.1, -0.05) is 46.4 Å². The van der Waals surface area contributed by atoms with Crippen molar-refractivity contribution in [3.63, 3.8) is 0 Å². The van der Waals surface area contributed by atoms with Crippen molar-refractivity contribution in [2.24, 2.45) is 0 Å². The van der Waals surface area contributed by atoms with Gasteiger partial charge in [-0.3, -0.25) is 0 Å². The zero-order valence-electron chi connectivity index (χ0n) is 10.9. The van der Waals surface area contributed by atoms with Crippen LogP contribution in [0.3, 0.4) is 0 Å². The standard InChI is InChI=1S/C14H6Cl4O5/c15-7-3-6(4-8(16)11(7)19)14(22)23-12-9(17)1-5(13(20)21)2-10(12)18/h1-4,19H,(H,20,21). The van der Waals surface area contributed by atoms with Gasteiger partial charge < -0.3 is 14.9 Å². The van der Waals surface area contributed by atoms with E-state index in [0.29, 0.717) is 0 Å². The molecule has 0 aliphatic heterocycles. The second-order valence-corrected chi connectivity index (χ2v) is 5.88. The number of halogens is 4. The van der Waals surface area contributed by atoms with Crippen molar-refractivity contribution < 1.29 is 24.5 Å². The number of rotatable bonds is 3. The first kappa shape index (κ1) is 17.7. The summed E-state index contributed by atoms with van der Waals surface area (Å²) in [6, 6.07) is 4.49. The lowest BCUT2D eigenvalue weighted by Gasteiger charge is -2.10. The van der Waals surface area contributed by atoms with Crippen molar-refractivity contribution in [1.29, 1.82) is 0 Å². The highest BCUT2D eigenvalue weighted by atomic mass is 35.5. The number of phenols is 1. The van der Waals surface area contributed by atoms with Gasteiger partial charge in [0.25, 0.3) is 0 Å². The first-order valence-electron chi connectivity index (χ1n) is 5.83. The molecular formula is C14H6Cl4O5. The van der Waals surface area contributed by atoms with Crippen molar-refractivity contribution in [2.75, 3.05) is 0 Å². The van der Waals surface area contributed by atoms with Gasteiger partial charge in [-0.05, 0) is 24.3 Å². The number of carboxylic acids is 1. The van der Waals surface area contributed by atoms with Crippen LogP contribution < -0.4 is 4.74 Å². The Morgan fingerprint density at radius 3 is 1.70 bits per heavy atom. The number of aromatic hydroxyl groups is 1. The molecule has 2 aromatic carbocycles. The fraction of sp³-hybridized carbons (Fsp3) is 0.